The van der Waals surface area contributed by atoms with Gasteiger partial charge in [0.25, 0.3) is 0 Å². The lowest BCUT2D eigenvalue weighted by molar-refractivity contribution is 0.700. The van der Waals surface area contributed by atoms with Crippen molar-refractivity contribution >= 4 is 11.5 Å². The highest BCUT2D eigenvalue weighted by Gasteiger charge is 2.25. The van der Waals surface area contributed by atoms with Crippen LogP contribution in [0.15, 0.2) is 18.3 Å². The summed E-state index contributed by atoms with van der Waals surface area (Å²) in [6.45, 7) is 4.37. The Bertz CT molecular complexity index is 320. The molecule has 82 valence electrons. The molecule has 15 heavy (non-hydrogen) atoms. The normalized spacial score (nSPS) is 15.3. The predicted octanol–water partition coefficient (Wildman–Crippen LogP) is 2.29. The third kappa shape index (κ3) is 2.61. The van der Waals surface area contributed by atoms with E-state index in [2.05, 4.69) is 16.8 Å². The average Bonchev–Trinajstić information content (AvgIpc) is 3.02. The van der Waals surface area contributed by atoms with Crippen LogP contribution < -0.4 is 10.6 Å². The summed E-state index contributed by atoms with van der Waals surface area (Å²) in [7, 11) is 0. The van der Waals surface area contributed by atoms with Gasteiger partial charge in [-0.25, -0.2) is 4.98 Å². The van der Waals surface area contributed by atoms with Crippen LogP contribution in [0, 0.1) is 5.92 Å². The van der Waals surface area contributed by atoms with Gasteiger partial charge in [-0.1, -0.05) is 6.92 Å². The lowest BCUT2D eigenvalue weighted by Crippen LogP contribution is -2.28. The molecule has 0 aliphatic heterocycles. The van der Waals surface area contributed by atoms with Gasteiger partial charge in [-0.15, -0.1) is 0 Å². The van der Waals surface area contributed by atoms with Crippen LogP contribution in [0.25, 0.3) is 0 Å². The summed E-state index contributed by atoms with van der Waals surface area (Å²) in [6.07, 6.45) is 5.70. The van der Waals surface area contributed by atoms with Gasteiger partial charge in [-0.3, -0.25) is 0 Å². The van der Waals surface area contributed by atoms with Gasteiger partial charge < -0.3 is 10.6 Å². The first-order valence-corrected chi connectivity index (χ1v) is 5.76. The van der Waals surface area contributed by atoms with Crippen LogP contribution in [0.4, 0.5) is 11.5 Å². The Hall–Kier alpha value is -1.25. The Kier molecular flexibility index (Phi) is 3.09. The van der Waals surface area contributed by atoms with Crippen molar-refractivity contribution in [1.82, 2.24) is 4.98 Å². The first-order chi connectivity index (χ1) is 7.31. The standard InChI is InChI=1S/C12H19N3/c1-2-8-15(9-10-5-6-10)12-11(13)4-3-7-14-12/h3-4,7,10H,2,5-6,8-9,13H2,1H3. The van der Waals surface area contributed by atoms with Gasteiger partial charge in [-0.2, -0.15) is 0 Å². The van der Waals surface area contributed by atoms with Crippen LogP contribution in [0.3, 0.4) is 0 Å². The third-order valence-electron chi connectivity index (χ3n) is 2.79. The molecular formula is C12H19N3. The maximum atomic E-state index is 5.94. The monoisotopic (exact) mass is 205 g/mol. The molecule has 1 aromatic rings. The number of rotatable bonds is 5. The predicted molar refractivity (Wildman–Crippen MR) is 63.9 cm³/mol. The first kappa shape index (κ1) is 10.3. The fourth-order valence-electron chi connectivity index (χ4n) is 1.84. The zero-order chi connectivity index (χ0) is 10.7. The number of aromatic nitrogens is 1. The summed E-state index contributed by atoms with van der Waals surface area (Å²) in [5.74, 6) is 1.84. The zero-order valence-electron chi connectivity index (χ0n) is 9.32. The molecule has 3 nitrogen and oxygen atoms in total. The summed E-state index contributed by atoms with van der Waals surface area (Å²) in [5, 5.41) is 0. The smallest absolute Gasteiger partial charge is 0.151 e. The van der Waals surface area contributed by atoms with E-state index in [1.165, 1.54) is 12.8 Å². The Morgan fingerprint density at radius 3 is 2.93 bits per heavy atom. The summed E-state index contributed by atoms with van der Waals surface area (Å²) >= 11 is 0. The van der Waals surface area contributed by atoms with E-state index in [-0.39, 0.29) is 0 Å². The van der Waals surface area contributed by atoms with Gasteiger partial charge in [0.15, 0.2) is 5.82 Å². The highest BCUT2D eigenvalue weighted by Crippen LogP contribution is 2.32. The number of nitrogens with zero attached hydrogens (tertiary/aromatic N) is 2. The molecule has 0 saturated heterocycles. The van der Waals surface area contributed by atoms with E-state index in [0.29, 0.717) is 0 Å². The van der Waals surface area contributed by atoms with Crippen LogP contribution in [0.5, 0.6) is 0 Å². The molecule has 0 bridgehead atoms. The molecule has 1 aromatic heterocycles. The van der Waals surface area contributed by atoms with Gasteiger partial charge >= 0.3 is 0 Å². The van der Waals surface area contributed by atoms with E-state index in [1.54, 1.807) is 0 Å². The summed E-state index contributed by atoms with van der Waals surface area (Å²) in [5.41, 5.74) is 6.74. The Balaban J connectivity index is 2.11. The second kappa shape index (κ2) is 4.51. The SMILES string of the molecule is CCCN(CC1CC1)c1ncccc1N. The van der Waals surface area contributed by atoms with Crippen molar-refractivity contribution in [3.63, 3.8) is 0 Å². The molecule has 2 N–H and O–H groups in total. The van der Waals surface area contributed by atoms with Crippen molar-refractivity contribution in [3.05, 3.63) is 18.3 Å². The van der Waals surface area contributed by atoms with Crippen molar-refractivity contribution < 1.29 is 0 Å². The fraction of sp³-hybridized carbons (Fsp3) is 0.583. The molecule has 0 atom stereocenters. The van der Waals surface area contributed by atoms with E-state index in [4.69, 9.17) is 5.73 Å². The molecule has 0 aromatic carbocycles. The van der Waals surface area contributed by atoms with Gasteiger partial charge in [-0.05, 0) is 37.3 Å². The lowest BCUT2D eigenvalue weighted by atomic mass is 10.3. The molecule has 3 heteroatoms. The van der Waals surface area contributed by atoms with E-state index in [9.17, 15) is 0 Å². The second-order valence-corrected chi connectivity index (χ2v) is 4.31. The summed E-state index contributed by atoms with van der Waals surface area (Å²) < 4.78 is 0. The Labute approximate surface area is 91.3 Å². The molecule has 1 fully saturated rings. The van der Waals surface area contributed by atoms with Crippen LogP contribution in [0.2, 0.25) is 0 Å². The van der Waals surface area contributed by atoms with E-state index >= 15 is 0 Å². The maximum absolute atomic E-state index is 5.94. The summed E-state index contributed by atoms with van der Waals surface area (Å²) in [6, 6.07) is 3.82. The molecule has 0 unspecified atom stereocenters. The molecule has 2 rings (SSSR count). The minimum Gasteiger partial charge on any atom is -0.396 e. The van der Waals surface area contributed by atoms with Crippen LogP contribution in [-0.2, 0) is 0 Å². The number of anilines is 2. The van der Waals surface area contributed by atoms with Crippen LogP contribution >= 0.6 is 0 Å². The molecule has 1 aliphatic carbocycles. The number of nitrogen functional groups attached to an aromatic ring is 1. The molecule has 1 saturated carbocycles. The Morgan fingerprint density at radius 1 is 1.53 bits per heavy atom. The van der Waals surface area contributed by atoms with Gasteiger partial charge in [0.1, 0.15) is 0 Å². The molecule has 0 amide bonds. The highest BCUT2D eigenvalue weighted by atomic mass is 15.2. The third-order valence-corrected chi connectivity index (χ3v) is 2.79. The number of pyridine rings is 1. The van der Waals surface area contributed by atoms with E-state index < -0.39 is 0 Å². The fourth-order valence-corrected chi connectivity index (χ4v) is 1.84. The quantitative estimate of drug-likeness (QED) is 0.802. The van der Waals surface area contributed by atoms with E-state index in [0.717, 1.165) is 36.9 Å². The van der Waals surface area contributed by atoms with Crippen molar-refractivity contribution in [2.24, 2.45) is 5.92 Å². The topological polar surface area (TPSA) is 42.2 Å². The van der Waals surface area contributed by atoms with Crippen molar-refractivity contribution in [2.45, 2.75) is 26.2 Å². The van der Waals surface area contributed by atoms with Gasteiger partial charge in [0.2, 0.25) is 0 Å². The van der Waals surface area contributed by atoms with Gasteiger partial charge in [0.05, 0.1) is 5.69 Å². The number of hydrogen-bond acceptors (Lipinski definition) is 3. The minimum absolute atomic E-state index is 0.798. The largest absolute Gasteiger partial charge is 0.396 e. The summed E-state index contributed by atoms with van der Waals surface area (Å²) in [4.78, 5) is 6.71. The Morgan fingerprint density at radius 2 is 2.33 bits per heavy atom. The molecule has 0 radical (unpaired) electrons. The molecule has 1 heterocycles. The zero-order valence-corrected chi connectivity index (χ0v) is 9.32. The van der Waals surface area contributed by atoms with Crippen LogP contribution in [0.1, 0.15) is 26.2 Å². The highest BCUT2D eigenvalue weighted by molar-refractivity contribution is 5.62. The maximum Gasteiger partial charge on any atom is 0.151 e. The van der Waals surface area contributed by atoms with Gasteiger partial charge in [0, 0.05) is 19.3 Å². The van der Waals surface area contributed by atoms with Crippen LogP contribution in [-0.4, -0.2) is 18.1 Å². The minimum atomic E-state index is 0.798. The van der Waals surface area contributed by atoms with Crippen molar-refractivity contribution in [1.29, 1.82) is 0 Å². The second-order valence-electron chi connectivity index (χ2n) is 4.31. The number of nitrogens with two attached hydrogens (primary N) is 1. The van der Waals surface area contributed by atoms with E-state index in [1.807, 2.05) is 18.3 Å². The average molecular weight is 205 g/mol. The number of hydrogen-bond donors (Lipinski definition) is 1. The molecule has 0 spiro atoms. The van der Waals surface area contributed by atoms with Crippen molar-refractivity contribution in [2.75, 3.05) is 23.7 Å². The molecule has 1 aliphatic rings. The lowest BCUT2D eigenvalue weighted by Gasteiger charge is -2.24. The molecular weight excluding hydrogens is 186 g/mol. The first-order valence-electron chi connectivity index (χ1n) is 5.76. The van der Waals surface area contributed by atoms with Crippen molar-refractivity contribution in [3.8, 4) is 0 Å².